The molecule has 0 heterocycles. The van der Waals surface area contributed by atoms with Crippen LogP contribution in [0.4, 0.5) is 0 Å². The molecule has 0 radical (unpaired) electrons. The van der Waals surface area contributed by atoms with Gasteiger partial charge in [0.05, 0.1) is 12.2 Å². The minimum absolute atomic E-state index is 0.00119. The Morgan fingerprint density at radius 1 is 1.14 bits per heavy atom. The molecule has 2 aromatic rings. The summed E-state index contributed by atoms with van der Waals surface area (Å²) < 4.78 is 10.5. The van der Waals surface area contributed by atoms with Crippen molar-refractivity contribution in [3.05, 3.63) is 72.3 Å². The number of aliphatic hydroxyl groups is 1. The summed E-state index contributed by atoms with van der Waals surface area (Å²) in [7, 11) is 0. The van der Waals surface area contributed by atoms with Crippen molar-refractivity contribution in [2.75, 3.05) is 6.61 Å². The SMILES string of the molecule is C=C(C(=O)OCC)C(O)c1cccc(Oc2ccccc2)c1. The molecule has 1 unspecified atom stereocenters. The molecule has 0 aliphatic heterocycles. The van der Waals surface area contributed by atoms with Crippen molar-refractivity contribution in [1.29, 1.82) is 0 Å². The molecule has 0 saturated carbocycles. The fourth-order valence-electron chi connectivity index (χ4n) is 1.91. The maximum atomic E-state index is 11.6. The van der Waals surface area contributed by atoms with Crippen LogP contribution < -0.4 is 4.74 Å². The van der Waals surface area contributed by atoms with E-state index >= 15 is 0 Å². The molecule has 0 aliphatic rings. The summed E-state index contributed by atoms with van der Waals surface area (Å²) in [6.07, 6.45) is -1.13. The van der Waals surface area contributed by atoms with Crippen LogP contribution >= 0.6 is 0 Å². The third-order valence-electron chi connectivity index (χ3n) is 3.02. The van der Waals surface area contributed by atoms with Crippen molar-refractivity contribution in [3.8, 4) is 11.5 Å². The van der Waals surface area contributed by atoms with Crippen molar-refractivity contribution in [2.24, 2.45) is 0 Å². The van der Waals surface area contributed by atoms with E-state index in [1.165, 1.54) is 0 Å². The van der Waals surface area contributed by atoms with Gasteiger partial charge in [0.1, 0.15) is 17.6 Å². The summed E-state index contributed by atoms with van der Waals surface area (Å²) in [4.78, 5) is 11.6. The van der Waals surface area contributed by atoms with Crippen LogP contribution in [0.2, 0.25) is 0 Å². The number of rotatable bonds is 6. The normalized spacial score (nSPS) is 11.5. The Labute approximate surface area is 129 Å². The van der Waals surface area contributed by atoms with Gasteiger partial charge in [-0.15, -0.1) is 0 Å². The van der Waals surface area contributed by atoms with Gasteiger partial charge in [-0.05, 0) is 36.8 Å². The van der Waals surface area contributed by atoms with Crippen molar-refractivity contribution < 1.29 is 19.4 Å². The van der Waals surface area contributed by atoms with Gasteiger partial charge in [-0.1, -0.05) is 36.9 Å². The molecule has 114 valence electrons. The molecule has 0 amide bonds. The summed E-state index contributed by atoms with van der Waals surface area (Å²) in [5.41, 5.74) is 0.519. The van der Waals surface area contributed by atoms with E-state index in [9.17, 15) is 9.90 Å². The summed E-state index contributed by atoms with van der Waals surface area (Å²) >= 11 is 0. The van der Waals surface area contributed by atoms with Gasteiger partial charge in [-0.25, -0.2) is 4.79 Å². The first-order valence-electron chi connectivity index (χ1n) is 6.98. The number of hydrogen-bond acceptors (Lipinski definition) is 4. The van der Waals surface area contributed by atoms with E-state index in [0.29, 0.717) is 17.1 Å². The van der Waals surface area contributed by atoms with E-state index in [-0.39, 0.29) is 12.2 Å². The van der Waals surface area contributed by atoms with Gasteiger partial charge in [0.15, 0.2) is 0 Å². The van der Waals surface area contributed by atoms with E-state index in [0.717, 1.165) is 0 Å². The average Bonchev–Trinajstić information content (AvgIpc) is 2.55. The van der Waals surface area contributed by atoms with E-state index in [1.54, 1.807) is 31.2 Å². The van der Waals surface area contributed by atoms with Crippen LogP contribution in [-0.2, 0) is 9.53 Å². The van der Waals surface area contributed by atoms with Crippen LogP contribution in [0.3, 0.4) is 0 Å². The molecular formula is C18H18O4. The molecule has 0 bridgehead atoms. The molecule has 4 nitrogen and oxygen atoms in total. The smallest absolute Gasteiger partial charge is 0.336 e. The lowest BCUT2D eigenvalue weighted by Gasteiger charge is -2.14. The number of esters is 1. The average molecular weight is 298 g/mol. The molecule has 0 aliphatic carbocycles. The molecule has 0 fully saturated rings. The number of ether oxygens (including phenoxy) is 2. The maximum Gasteiger partial charge on any atom is 0.336 e. The highest BCUT2D eigenvalue weighted by Gasteiger charge is 2.19. The van der Waals surface area contributed by atoms with Crippen LogP contribution in [-0.4, -0.2) is 17.7 Å². The van der Waals surface area contributed by atoms with Gasteiger partial charge < -0.3 is 14.6 Å². The molecule has 1 N–H and O–H groups in total. The standard InChI is InChI=1S/C18H18O4/c1-3-21-18(20)13(2)17(19)14-8-7-11-16(12-14)22-15-9-5-4-6-10-15/h4-12,17,19H,2-3H2,1H3. The molecule has 2 rings (SSSR count). The van der Waals surface area contributed by atoms with Gasteiger partial charge in [0, 0.05) is 0 Å². The van der Waals surface area contributed by atoms with E-state index in [4.69, 9.17) is 9.47 Å². The minimum atomic E-state index is -1.13. The summed E-state index contributed by atoms with van der Waals surface area (Å²) in [6, 6.07) is 16.2. The van der Waals surface area contributed by atoms with Crippen molar-refractivity contribution in [2.45, 2.75) is 13.0 Å². The molecule has 2 aromatic carbocycles. The van der Waals surface area contributed by atoms with Gasteiger partial charge in [0.2, 0.25) is 0 Å². The second kappa shape index (κ2) is 7.43. The largest absolute Gasteiger partial charge is 0.463 e. The van der Waals surface area contributed by atoms with Crippen molar-refractivity contribution in [1.82, 2.24) is 0 Å². The first-order chi connectivity index (χ1) is 10.6. The molecule has 1 atom stereocenters. The minimum Gasteiger partial charge on any atom is -0.463 e. The Balaban J connectivity index is 2.14. The first kappa shape index (κ1) is 15.8. The van der Waals surface area contributed by atoms with Crippen LogP contribution in [0, 0.1) is 0 Å². The van der Waals surface area contributed by atoms with E-state index in [1.807, 2.05) is 30.3 Å². The number of carbonyl (C=O) groups is 1. The Morgan fingerprint density at radius 3 is 2.50 bits per heavy atom. The van der Waals surface area contributed by atoms with Crippen molar-refractivity contribution >= 4 is 5.97 Å². The fourth-order valence-corrected chi connectivity index (χ4v) is 1.91. The van der Waals surface area contributed by atoms with E-state index < -0.39 is 12.1 Å². The zero-order valence-electron chi connectivity index (χ0n) is 12.4. The second-order valence-corrected chi connectivity index (χ2v) is 4.64. The van der Waals surface area contributed by atoms with Gasteiger partial charge >= 0.3 is 5.97 Å². The third kappa shape index (κ3) is 3.96. The van der Waals surface area contributed by atoms with Crippen LogP contribution in [0.15, 0.2) is 66.7 Å². The van der Waals surface area contributed by atoms with Crippen LogP contribution in [0.5, 0.6) is 11.5 Å². The van der Waals surface area contributed by atoms with E-state index in [2.05, 4.69) is 6.58 Å². The number of carbonyl (C=O) groups excluding carboxylic acids is 1. The summed E-state index contributed by atoms with van der Waals surface area (Å²) in [5.74, 6) is 0.655. The lowest BCUT2D eigenvalue weighted by atomic mass is 10.0. The molecule has 4 heteroatoms. The molecule has 0 aromatic heterocycles. The van der Waals surface area contributed by atoms with Gasteiger partial charge in [0.25, 0.3) is 0 Å². The zero-order valence-corrected chi connectivity index (χ0v) is 12.4. The highest BCUT2D eigenvalue weighted by Crippen LogP contribution is 2.27. The Kier molecular flexibility index (Phi) is 5.33. The van der Waals surface area contributed by atoms with Crippen molar-refractivity contribution in [3.63, 3.8) is 0 Å². The zero-order chi connectivity index (χ0) is 15.9. The Morgan fingerprint density at radius 2 is 1.82 bits per heavy atom. The molecular weight excluding hydrogens is 280 g/mol. The number of aliphatic hydroxyl groups excluding tert-OH is 1. The molecule has 0 saturated heterocycles. The Hall–Kier alpha value is -2.59. The predicted octanol–water partition coefficient (Wildman–Crippen LogP) is 3.63. The van der Waals surface area contributed by atoms with Gasteiger partial charge in [-0.2, -0.15) is 0 Å². The van der Waals surface area contributed by atoms with Gasteiger partial charge in [-0.3, -0.25) is 0 Å². The first-order valence-corrected chi connectivity index (χ1v) is 6.98. The number of benzene rings is 2. The van der Waals surface area contributed by atoms with Crippen LogP contribution in [0.1, 0.15) is 18.6 Å². The monoisotopic (exact) mass is 298 g/mol. The maximum absolute atomic E-state index is 11.6. The highest BCUT2D eigenvalue weighted by atomic mass is 16.5. The number of para-hydroxylation sites is 1. The lowest BCUT2D eigenvalue weighted by Crippen LogP contribution is -2.13. The topological polar surface area (TPSA) is 55.8 Å². The third-order valence-corrected chi connectivity index (χ3v) is 3.02. The second-order valence-electron chi connectivity index (χ2n) is 4.64. The lowest BCUT2D eigenvalue weighted by molar-refractivity contribution is -0.139. The fraction of sp³-hybridized carbons (Fsp3) is 0.167. The predicted molar refractivity (Wildman–Crippen MR) is 83.7 cm³/mol. The quantitative estimate of drug-likeness (QED) is 0.653. The summed E-state index contributed by atoms with van der Waals surface area (Å²) in [6.45, 7) is 5.54. The Bertz CT molecular complexity index is 649. The summed E-state index contributed by atoms with van der Waals surface area (Å²) in [5, 5.41) is 10.2. The number of hydrogen-bond donors (Lipinski definition) is 1. The highest BCUT2D eigenvalue weighted by molar-refractivity contribution is 5.89. The molecule has 22 heavy (non-hydrogen) atoms. The molecule has 0 spiro atoms. The van der Waals surface area contributed by atoms with Crippen LogP contribution in [0.25, 0.3) is 0 Å².